The minimum absolute atomic E-state index is 0.0284. The van der Waals surface area contributed by atoms with E-state index in [2.05, 4.69) is 20.7 Å². The van der Waals surface area contributed by atoms with Crippen LogP contribution < -0.4 is 4.90 Å². The van der Waals surface area contributed by atoms with Gasteiger partial charge in [0.2, 0.25) is 5.91 Å². The van der Waals surface area contributed by atoms with Gasteiger partial charge >= 0.3 is 5.97 Å². The van der Waals surface area contributed by atoms with Crippen LogP contribution in [0, 0.1) is 5.92 Å². The number of hydrogen-bond acceptors (Lipinski definition) is 5. The highest BCUT2D eigenvalue weighted by atomic mass is 79.9. The lowest BCUT2D eigenvalue weighted by Gasteiger charge is -2.18. The van der Waals surface area contributed by atoms with Crippen molar-refractivity contribution in [1.82, 2.24) is 0 Å². The second-order valence-corrected chi connectivity index (χ2v) is 7.09. The van der Waals surface area contributed by atoms with Crippen LogP contribution in [0.25, 0.3) is 0 Å². The first kappa shape index (κ1) is 17.0. The Morgan fingerprint density at radius 3 is 2.77 bits per heavy atom. The Balaban J connectivity index is 2.13. The number of carbonyl (C=O) groups is 3. The molecule has 1 aliphatic heterocycles. The number of carbonyl (C=O) groups excluding carboxylic acids is 3. The fourth-order valence-electron chi connectivity index (χ4n) is 2.33. The van der Waals surface area contributed by atoms with E-state index < -0.39 is 5.97 Å². The van der Waals surface area contributed by atoms with E-state index in [1.165, 1.54) is 25.8 Å². The number of halogens is 1. The fraction of sp³-hybridized carbons (Fsp3) is 0.400. The quantitative estimate of drug-likeness (QED) is 0.745. The monoisotopic (exact) mass is 385 g/mol. The molecule has 0 radical (unpaired) electrons. The van der Waals surface area contributed by atoms with Crippen LogP contribution in [0.15, 0.2) is 22.7 Å². The molecule has 0 aliphatic carbocycles. The second kappa shape index (κ2) is 7.28. The van der Waals surface area contributed by atoms with Gasteiger partial charge in [0, 0.05) is 30.1 Å². The molecule has 118 valence electrons. The third kappa shape index (κ3) is 3.89. The molecule has 1 fully saturated rings. The van der Waals surface area contributed by atoms with Crippen LogP contribution in [-0.4, -0.2) is 36.4 Å². The lowest BCUT2D eigenvalue weighted by atomic mass is 10.1. The molecule has 22 heavy (non-hydrogen) atoms. The summed E-state index contributed by atoms with van der Waals surface area (Å²) in [6.07, 6.45) is 0.436. The van der Waals surface area contributed by atoms with Crippen molar-refractivity contribution in [3.8, 4) is 0 Å². The molecule has 1 atom stereocenters. The number of rotatable bonds is 4. The smallest absolute Gasteiger partial charge is 0.337 e. The number of ether oxygens (including phenoxy) is 1. The standard InChI is InChI=1S/C15H16BrNO4S/c1-9(18)22-8-10-5-14(19)17(7-10)13-4-3-11(6-12(13)16)15(20)21-2/h3-4,6,10H,5,7-8H2,1-2H3. The summed E-state index contributed by atoms with van der Waals surface area (Å²) >= 11 is 4.65. The van der Waals surface area contributed by atoms with Crippen molar-refractivity contribution in [2.45, 2.75) is 13.3 Å². The number of methoxy groups -OCH3 is 1. The first-order chi connectivity index (χ1) is 10.4. The molecule has 1 unspecified atom stereocenters. The van der Waals surface area contributed by atoms with E-state index in [0.29, 0.717) is 28.8 Å². The zero-order chi connectivity index (χ0) is 16.3. The maximum absolute atomic E-state index is 12.2. The molecular weight excluding hydrogens is 370 g/mol. The lowest BCUT2D eigenvalue weighted by Crippen LogP contribution is -2.25. The number of benzene rings is 1. The average molecular weight is 386 g/mol. The van der Waals surface area contributed by atoms with Crippen LogP contribution in [0.4, 0.5) is 5.69 Å². The molecule has 0 N–H and O–H groups in total. The summed E-state index contributed by atoms with van der Waals surface area (Å²) in [5, 5.41) is 0.0644. The van der Waals surface area contributed by atoms with Gasteiger partial charge in [0.1, 0.15) is 0 Å². The number of hydrogen-bond donors (Lipinski definition) is 0. The largest absolute Gasteiger partial charge is 0.465 e. The molecule has 1 saturated heterocycles. The zero-order valence-corrected chi connectivity index (χ0v) is 14.7. The minimum Gasteiger partial charge on any atom is -0.465 e. The van der Waals surface area contributed by atoms with Gasteiger partial charge in [-0.3, -0.25) is 9.59 Å². The third-order valence-corrected chi connectivity index (χ3v) is 5.07. The van der Waals surface area contributed by atoms with Crippen molar-refractivity contribution in [3.63, 3.8) is 0 Å². The van der Waals surface area contributed by atoms with Crippen LogP contribution in [0.1, 0.15) is 23.7 Å². The van der Waals surface area contributed by atoms with Gasteiger partial charge in [-0.2, -0.15) is 0 Å². The van der Waals surface area contributed by atoms with Crippen molar-refractivity contribution in [3.05, 3.63) is 28.2 Å². The Morgan fingerprint density at radius 1 is 1.45 bits per heavy atom. The first-order valence-corrected chi connectivity index (χ1v) is 8.51. The third-order valence-electron chi connectivity index (χ3n) is 3.39. The van der Waals surface area contributed by atoms with E-state index in [0.717, 1.165) is 5.69 Å². The summed E-state index contributed by atoms with van der Waals surface area (Å²) in [7, 11) is 1.32. The number of esters is 1. The zero-order valence-electron chi connectivity index (χ0n) is 12.3. The Hall–Kier alpha value is -1.34. The first-order valence-electron chi connectivity index (χ1n) is 6.74. The molecule has 1 amide bonds. The molecule has 7 heteroatoms. The van der Waals surface area contributed by atoms with Gasteiger partial charge in [0.25, 0.3) is 0 Å². The Morgan fingerprint density at radius 2 is 2.18 bits per heavy atom. The van der Waals surface area contributed by atoms with E-state index >= 15 is 0 Å². The summed E-state index contributed by atoms with van der Waals surface area (Å²) < 4.78 is 5.34. The summed E-state index contributed by atoms with van der Waals surface area (Å²) in [4.78, 5) is 36.4. The number of thioether (sulfide) groups is 1. The van der Waals surface area contributed by atoms with Gasteiger partial charge in [-0.1, -0.05) is 11.8 Å². The summed E-state index contributed by atoms with van der Waals surface area (Å²) in [6, 6.07) is 5.01. The highest BCUT2D eigenvalue weighted by molar-refractivity contribution is 9.10. The predicted molar refractivity (Wildman–Crippen MR) is 89.1 cm³/mol. The van der Waals surface area contributed by atoms with E-state index in [1.54, 1.807) is 23.1 Å². The summed E-state index contributed by atoms with van der Waals surface area (Å²) in [5.74, 6) is 0.417. The molecule has 5 nitrogen and oxygen atoms in total. The van der Waals surface area contributed by atoms with Gasteiger partial charge in [-0.15, -0.1) is 0 Å². The molecule has 0 aromatic heterocycles. The van der Waals surface area contributed by atoms with Crippen LogP contribution in [0.5, 0.6) is 0 Å². The Labute approximate surface area is 141 Å². The van der Waals surface area contributed by atoms with Crippen molar-refractivity contribution < 1.29 is 19.1 Å². The van der Waals surface area contributed by atoms with Crippen molar-refractivity contribution >= 4 is 50.4 Å². The highest BCUT2D eigenvalue weighted by Crippen LogP contribution is 2.33. The fourth-order valence-corrected chi connectivity index (χ4v) is 3.62. The summed E-state index contributed by atoms with van der Waals surface area (Å²) in [6.45, 7) is 2.11. The van der Waals surface area contributed by atoms with Gasteiger partial charge in [-0.25, -0.2) is 4.79 Å². The SMILES string of the molecule is COC(=O)c1ccc(N2CC(CSC(C)=O)CC2=O)c(Br)c1. The highest BCUT2D eigenvalue weighted by Gasteiger charge is 2.31. The summed E-state index contributed by atoms with van der Waals surface area (Å²) in [5.41, 5.74) is 1.15. The van der Waals surface area contributed by atoms with Gasteiger partial charge < -0.3 is 9.64 Å². The van der Waals surface area contributed by atoms with Crippen LogP contribution in [0.3, 0.4) is 0 Å². The number of nitrogens with zero attached hydrogens (tertiary/aromatic N) is 1. The minimum atomic E-state index is -0.421. The van der Waals surface area contributed by atoms with E-state index in [1.807, 2.05) is 0 Å². The average Bonchev–Trinajstić information content (AvgIpc) is 2.85. The molecule has 1 aromatic rings. The molecule has 0 saturated carbocycles. The van der Waals surface area contributed by atoms with Crippen molar-refractivity contribution in [1.29, 1.82) is 0 Å². The van der Waals surface area contributed by atoms with Gasteiger partial charge in [-0.05, 0) is 40.0 Å². The van der Waals surface area contributed by atoms with Crippen molar-refractivity contribution in [2.24, 2.45) is 5.92 Å². The maximum atomic E-state index is 12.2. The molecule has 0 spiro atoms. The van der Waals surface area contributed by atoms with E-state index in [9.17, 15) is 14.4 Å². The van der Waals surface area contributed by atoms with E-state index in [-0.39, 0.29) is 16.9 Å². The molecule has 1 aliphatic rings. The van der Waals surface area contributed by atoms with E-state index in [4.69, 9.17) is 0 Å². The Kier molecular flexibility index (Phi) is 5.63. The van der Waals surface area contributed by atoms with Gasteiger partial charge in [0.05, 0.1) is 18.4 Å². The van der Waals surface area contributed by atoms with Crippen LogP contribution in [0.2, 0.25) is 0 Å². The maximum Gasteiger partial charge on any atom is 0.337 e. The van der Waals surface area contributed by atoms with Crippen LogP contribution >= 0.6 is 27.7 Å². The molecule has 1 heterocycles. The Bertz CT molecular complexity index is 620. The molecule has 0 bridgehead atoms. The van der Waals surface area contributed by atoms with Gasteiger partial charge in [0.15, 0.2) is 5.12 Å². The lowest BCUT2D eigenvalue weighted by molar-refractivity contribution is -0.117. The predicted octanol–water partition coefficient (Wildman–Crippen LogP) is 2.87. The topological polar surface area (TPSA) is 63.7 Å². The second-order valence-electron chi connectivity index (χ2n) is 5.03. The number of anilines is 1. The normalized spacial score (nSPS) is 17.7. The molecule has 1 aromatic carbocycles. The molecule has 2 rings (SSSR count). The number of amides is 1. The van der Waals surface area contributed by atoms with Crippen molar-refractivity contribution in [2.75, 3.05) is 24.3 Å². The van der Waals surface area contributed by atoms with Crippen LogP contribution in [-0.2, 0) is 14.3 Å². The molecular formula is C15H16BrNO4S.